The van der Waals surface area contributed by atoms with Crippen molar-refractivity contribution in [3.8, 4) is 5.69 Å². The Bertz CT molecular complexity index is 772. The first-order valence-corrected chi connectivity index (χ1v) is 6.25. The Labute approximate surface area is 144 Å². The Morgan fingerprint density at radius 3 is 2.65 bits per heavy atom. The van der Waals surface area contributed by atoms with Crippen molar-refractivity contribution in [2.75, 3.05) is 0 Å². The molecule has 0 spiro atoms. The van der Waals surface area contributed by atoms with Crippen LogP contribution in [0.5, 0.6) is 0 Å². The Morgan fingerprint density at radius 2 is 1.95 bits per heavy atom. The van der Waals surface area contributed by atoms with Crippen LogP contribution >= 0.6 is 0 Å². The molecule has 20 heavy (non-hydrogen) atoms. The van der Waals surface area contributed by atoms with E-state index in [9.17, 15) is 0 Å². The van der Waals surface area contributed by atoms with E-state index in [0.717, 1.165) is 22.4 Å². The van der Waals surface area contributed by atoms with Gasteiger partial charge < -0.3 is 11.1 Å². The molecular weight excluding hydrogens is 321 g/mol. The third kappa shape index (κ3) is 2.39. The van der Waals surface area contributed by atoms with Crippen molar-refractivity contribution < 1.29 is 37.3 Å². The van der Waals surface area contributed by atoms with E-state index in [2.05, 4.69) is 40.3 Å². The number of nitrogens with zero attached hydrogens (tertiary/aromatic N) is 2. The number of para-hydroxylation sites is 1. The van der Waals surface area contributed by atoms with Gasteiger partial charge in [-0.25, -0.2) is 0 Å². The number of rotatable bonds is 2. The Kier molecular flexibility index (Phi) is 4.57. The molecule has 0 saturated carbocycles. The van der Waals surface area contributed by atoms with Crippen molar-refractivity contribution >= 4 is 17.1 Å². The Morgan fingerprint density at radius 1 is 1.20 bits per heavy atom. The summed E-state index contributed by atoms with van der Waals surface area (Å²) >= 11 is 0. The second-order valence-corrected chi connectivity index (χ2v) is 4.66. The molecular formula is C17H15N2Y-. The zero-order valence-corrected chi connectivity index (χ0v) is 14.5. The number of benzene rings is 1. The van der Waals surface area contributed by atoms with E-state index >= 15 is 0 Å². The second kappa shape index (κ2) is 6.03. The maximum atomic E-state index is 5.77. The van der Waals surface area contributed by atoms with Gasteiger partial charge in [-0.15, -0.1) is 11.8 Å². The quantitative estimate of drug-likeness (QED) is 0.503. The van der Waals surface area contributed by atoms with Crippen LogP contribution in [0.2, 0.25) is 0 Å². The number of aryl methyl sites for hydroxylation is 2. The smallest absolute Gasteiger partial charge is 0.193 e. The molecule has 1 radical (unpaired) electrons. The molecule has 2 heterocycles. The summed E-state index contributed by atoms with van der Waals surface area (Å²) in [4.78, 5) is 0. The van der Waals surface area contributed by atoms with Gasteiger partial charge in [-0.1, -0.05) is 29.7 Å². The normalized spacial score (nSPS) is 10.3. The summed E-state index contributed by atoms with van der Waals surface area (Å²) < 4.78 is 4.23. The zero-order valence-electron chi connectivity index (χ0n) is 11.7. The predicted octanol–water partition coefficient (Wildman–Crippen LogP) is 3.01. The van der Waals surface area contributed by atoms with Gasteiger partial charge in [0.05, 0.1) is 13.2 Å². The van der Waals surface area contributed by atoms with E-state index in [1.165, 1.54) is 5.56 Å². The first-order valence-electron chi connectivity index (χ1n) is 6.25. The summed E-state index contributed by atoms with van der Waals surface area (Å²) in [5.74, 6) is 0. The van der Waals surface area contributed by atoms with Crippen LogP contribution in [0.15, 0.2) is 42.6 Å². The molecule has 0 aliphatic heterocycles. The molecule has 97 valence electrons. The van der Waals surface area contributed by atoms with Crippen LogP contribution in [-0.2, 0) is 39.8 Å². The van der Waals surface area contributed by atoms with E-state index in [1.54, 1.807) is 6.08 Å². The third-order valence-corrected chi connectivity index (χ3v) is 3.38. The summed E-state index contributed by atoms with van der Waals surface area (Å²) in [6.45, 7) is 7.87. The van der Waals surface area contributed by atoms with Crippen molar-refractivity contribution in [2.24, 2.45) is 7.05 Å². The third-order valence-electron chi connectivity index (χ3n) is 3.38. The largest absolute Gasteiger partial charge is 0.340 e. The average molecular weight is 336 g/mol. The van der Waals surface area contributed by atoms with Crippen LogP contribution in [0.3, 0.4) is 0 Å². The Balaban J connectivity index is 0.00000147. The van der Waals surface area contributed by atoms with Crippen molar-refractivity contribution in [2.45, 2.75) is 6.92 Å². The van der Waals surface area contributed by atoms with Gasteiger partial charge in [0.2, 0.25) is 0 Å². The van der Waals surface area contributed by atoms with Crippen LogP contribution in [0.1, 0.15) is 11.3 Å². The fraction of sp³-hybridized carbons (Fsp3) is 0.118. The Hall–Kier alpha value is -1.25. The average Bonchev–Trinajstić information content (AvgIpc) is 2.79. The molecule has 0 atom stereocenters. The van der Waals surface area contributed by atoms with Crippen molar-refractivity contribution in [3.05, 3.63) is 66.5 Å². The predicted molar refractivity (Wildman–Crippen MR) is 76.8 cm³/mol. The molecule has 0 unspecified atom stereocenters. The van der Waals surface area contributed by atoms with Crippen LogP contribution < -0.4 is 4.57 Å². The fourth-order valence-electron chi connectivity index (χ4n) is 2.46. The summed E-state index contributed by atoms with van der Waals surface area (Å²) in [7, 11) is 2.03. The number of hydrogen-bond donors (Lipinski definition) is 0. The van der Waals surface area contributed by atoms with Crippen molar-refractivity contribution in [1.29, 1.82) is 0 Å². The van der Waals surface area contributed by atoms with E-state index in [-0.39, 0.29) is 32.7 Å². The van der Waals surface area contributed by atoms with Gasteiger partial charge in [-0.05, 0) is 18.6 Å². The summed E-state index contributed by atoms with van der Waals surface area (Å²) in [6, 6.07) is 15.7. The van der Waals surface area contributed by atoms with Crippen molar-refractivity contribution in [1.82, 2.24) is 4.57 Å². The van der Waals surface area contributed by atoms with Crippen LogP contribution in [0.4, 0.5) is 0 Å². The SMILES string of the molecule is [CH-]=Cc1[c-]c2ccc[n+](C)c2n1-c1ccccc1C.[Y]. The molecule has 0 bridgehead atoms. The molecule has 0 N–H and O–H groups in total. The maximum Gasteiger partial charge on any atom is 0.193 e. The van der Waals surface area contributed by atoms with Crippen LogP contribution in [0.25, 0.3) is 22.8 Å². The minimum absolute atomic E-state index is 0. The second-order valence-electron chi connectivity index (χ2n) is 4.66. The molecule has 0 aliphatic rings. The molecule has 0 amide bonds. The minimum atomic E-state index is 0. The molecule has 2 aromatic heterocycles. The van der Waals surface area contributed by atoms with Crippen LogP contribution in [0, 0.1) is 19.6 Å². The zero-order chi connectivity index (χ0) is 13.4. The van der Waals surface area contributed by atoms with E-state index in [0.29, 0.717) is 0 Å². The van der Waals surface area contributed by atoms with Gasteiger partial charge in [-0.2, -0.15) is 6.07 Å². The number of aromatic nitrogens is 2. The molecule has 2 nitrogen and oxygen atoms in total. The van der Waals surface area contributed by atoms with E-state index < -0.39 is 0 Å². The number of fused-ring (bicyclic) bond motifs is 1. The summed E-state index contributed by atoms with van der Waals surface area (Å²) in [5, 5.41) is 1.06. The first kappa shape index (κ1) is 15.1. The van der Waals surface area contributed by atoms with E-state index in [1.807, 2.05) is 31.4 Å². The van der Waals surface area contributed by atoms with Gasteiger partial charge in [-0.3, -0.25) is 10.6 Å². The topological polar surface area (TPSA) is 8.81 Å². The molecule has 0 aliphatic carbocycles. The summed E-state index contributed by atoms with van der Waals surface area (Å²) in [6.07, 6.45) is 3.64. The standard InChI is InChI=1S/C17H15N2.Y/c1-4-15-12-14-9-7-11-18(3)17(14)19(15)16-10-6-5-8-13(16)2;/h1,4-11H,2-3H3;/q-1;. The summed E-state index contributed by atoms with van der Waals surface area (Å²) in [5.41, 5.74) is 4.31. The van der Waals surface area contributed by atoms with Gasteiger partial charge in [0.1, 0.15) is 5.69 Å². The number of pyridine rings is 1. The van der Waals surface area contributed by atoms with Gasteiger partial charge in [0.25, 0.3) is 0 Å². The molecule has 3 heteroatoms. The van der Waals surface area contributed by atoms with Gasteiger partial charge in [0, 0.05) is 32.7 Å². The molecule has 1 aromatic carbocycles. The molecule has 3 aromatic rings. The fourth-order valence-corrected chi connectivity index (χ4v) is 2.46. The molecule has 3 rings (SSSR count). The minimum Gasteiger partial charge on any atom is -0.340 e. The number of hydrogen-bond acceptors (Lipinski definition) is 0. The maximum absolute atomic E-state index is 5.77. The first-order chi connectivity index (χ1) is 9.22. The molecule has 0 fully saturated rings. The monoisotopic (exact) mass is 336 g/mol. The van der Waals surface area contributed by atoms with E-state index in [4.69, 9.17) is 6.58 Å². The molecule has 0 saturated heterocycles. The van der Waals surface area contributed by atoms with Gasteiger partial charge >= 0.3 is 0 Å². The van der Waals surface area contributed by atoms with Crippen molar-refractivity contribution in [3.63, 3.8) is 0 Å². The van der Waals surface area contributed by atoms with Crippen LogP contribution in [-0.4, -0.2) is 4.57 Å². The van der Waals surface area contributed by atoms with Gasteiger partial charge in [0.15, 0.2) is 5.65 Å².